The lowest BCUT2D eigenvalue weighted by Gasteiger charge is -2.26. The first-order valence-corrected chi connectivity index (χ1v) is 8.71. The maximum Gasteiger partial charge on any atom is 0.0245 e. The van der Waals surface area contributed by atoms with E-state index < -0.39 is 0 Å². The van der Waals surface area contributed by atoms with Crippen molar-refractivity contribution in [1.82, 2.24) is 10.2 Å². The molecule has 2 nitrogen and oxygen atoms in total. The van der Waals surface area contributed by atoms with E-state index in [2.05, 4.69) is 51.3 Å². The number of nitrogens with zero attached hydrogens (tertiary/aromatic N) is 1. The van der Waals surface area contributed by atoms with Crippen molar-refractivity contribution in [3.05, 3.63) is 33.8 Å². The molecule has 1 saturated carbocycles. The lowest BCUT2D eigenvalue weighted by atomic mass is 10.1. The number of benzene rings is 1. The van der Waals surface area contributed by atoms with Gasteiger partial charge in [-0.1, -0.05) is 28.1 Å². The van der Waals surface area contributed by atoms with Crippen LogP contribution in [-0.2, 0) is 6.54 Å². The third-order valence-electron chi connectivity index (χ3n) is 4.46. The first kappa shape index (κ1) is 14.6. The Balaban J connectivity index is 1.64. The molecule has 0 bridgehead atoms. The Morgan fingerprint density at radius 3 is 2.75 bits per heavy atom. The minimum atomic E-state index is 0.706. The Labute approximate surface area is 131 Å². The zero-order chi connectivity index (χ0) is 13.9. The molecule has 2 aliphatic rings. The molecule has 0 radical (unpaired) electrons. The summed E-state index contributed by atoms with van der Waals surface area (Å²) in [6, 6.07) is 7.45. The van der Waals surface area contributed by atoms with Crippen LogP contribution in [0.4, 0.5) is 0 Å². The highest BCUT2D eigenvalue weighted by molar-refractivity contribution is 9.10. The van der Waals surface area contributed by atoms with Gasteiger partial charge < -0.3 is 5.32 Å². The second-order valence-electron chi connectivity index (χ2n) is 6.53. The third-order valence-corrected chi connectivity index (χ3v) is 5.20. The highest BCUT2D eigenvalue weighted by atomic mass is 79.9. The fourth-order valence-corrected chi connectivity index (χ4v) is 3.73. The zero-order valence-electron chi connectivity index (χ0n) is 12.4. The molecule has 1 aliphatic heterocycles. The summed E-state index contributed by atoms with van der Waals surface area (Å²) in [6.45, 7) is 6.92. The van der Waals surface area contributed by atoms with Gasteiger partial charge in [-0.3, -0.25) is 4.90 Å². The topological polar surface area (TPSA) is 15.3 Å². The second kappa shape index (κ2) is 6.59. The molecule has 1 heterocycles. The SMILES string of the molecule is Cc1ccc(CN(CC2CC2)CC2CCCN2)c(Br)c1. The summed E-state index contributed by atoms with van der Waals surface area (Å²) in [6.07, 6.45) is 5.56. The van der Waals surface area contributed by atoms with Crippen LogP contribution in [0.1, 0.15) is 36.8 Å². The fraction of sp³-hybridized carbons (Fsp3) is 0.647. The number of nitrogens with one attached hydrogen (secondary N) is 1. The van der Waals surface area contributed by atoms with Crippen molar-refractivity contribution < 1.29 is 0 Å². The van der Waals surface area contributed by atoms with Gasteiger partial charge in [-0.05, 0) is 62.3 Å². The molecule has 3 rings (SSSR count). The summed E-state index contributed by atoms with van der Waals surface area (Å²) < 4.78 is 1.26. The minimum absolute atomic E-state index is 0.706. The van der Waals surface area contributed by atoms with Crippen molar-refractivity contribution in [3.63, 3.8) is 0 Å². The summed E-state index contributed by atoms with van der Waals surface area (Å²) in [4.78, 5) is 2.66. The van der Waals surface area contributed by atoms with E-state index in [1.54, 1.807) is 0 Å². The van der Waals surface area contributed by atoms with Gasteiger partial charge in [0, 0.05) is 30.1 Å². The summed E-state index contributed by atoms with van der Waals surface area (Å²) in [5, 5.41) is 3.64. The lowest BCUT2D eigenvalue weighted by molar-refractivity contribution is 0.231. The molecule has 1 N–H and O–H groups in total. The van der Waals surface area contributed by atoms with E-state index >= 15 is 0 Å². The molecular weight excluding hydrogens is 312 g/mol. The molecule has 1 atom stereocenters. The molecule has 3 heteroatoms. The average Bonchev–Trinajstić information content (AvgIpc) is 3.07. The molecule has 20 heavy (non-hydrogen) atoms. The predicted molar refractivity (Wildman–Crippen MR) is 87.9 cm³/mol. The number of hydrogen-bond donors (Lipinski definition) is 1. The van der Waals surface area contributed by atoms with E-state index in [0.717, 1.165) is 12.5 Å². The smallest absolute Gasteiger partial charge is 0.0245 e. The van der Waals surface area contributed by atoms with E-state index in [1.807, 2.05) is 0 Å². The van der Waals surface area contributed by atoms with Crippen LogP contribution < -0.4 is 5.32 Å². The molecule has 1 aromatic rings. The quantitative estimate of drug-likeness (QED) is 0.851. The Morgan fingerprint density at radius 1 is 1.25 bits per heavy atom. The average molecular weight is 337 g/mol. The van der Waals surface area contributed by atoms with Gasteiger partial charge in [0.05, 0.1) is 0 Å². The molecule has 0 spiro atoms. The Kier molecular flexibility index (Phi) is 4.79. The first-order valence-electron chi connectivity index (χ1n) is 7.91. The largest absolute Gasteiger partial charge is 0.313 e. The predicted octanol–water partition coefficient (Wildman–Crippen LogP) is 3.72. The summed E-state index contributed by atoms with van der Waals surface area (Å²) in [5.74, 6) is 0.959. The van der Waals surface area contributed by atoms with Crippen molar-refractivity contribution in [2.45, 2.75) is 45.2 Å². The molecule has 1 unspecified atom stereocenters. The van der Waals surface area contributed by atoms with E-state index in [9.17, 15) is 0 Å². The van der Waals surface area contributed by atoms with Crippen LogP contribution in [0.25, 0.3) is 0 Å². The molecular formula is C17H25BrN2. The van der Waals surface area contributed by atoms with Crippen LogP contribution in [0.3, 0.4) is 0 Å². The number of halogens is 1. The molecule has 110 valence electrons. The molecule has 1 saturated heterocycles. The van der Waals surface area contributed by atoms with Crippen molar-refractivity contribution >= 4 is 15.9 Å². The standard InChI is InChI=1S/C17H25BrN2/c1-13-4-7-15(17(18)9-13)11-20(10-14-5-6-14)12-16-3-2-8-19-16/h4,7,9,14,16,19H,2-3,5-6,8,10-12H2,1H3. The van der Waals surface area contributed by atoms with E-state index in [4.69, 9.17) is 0 Å². The van der Waals surface area contributed by atoms with Crippen LogP contribution in [0.5, 0.6) is 0 Å². The molecule has 1 aliphatic carbocycles. The maximum atomic E-state index is 3.73. The van der Waals surface area contributed by atoms with E-state index in [1.165, 1.54) is 60.9 Å². The number of aryl methyl sites for hydroxylation is 1. The third kappa shape index (κ3) is 4.06. The minimum Gasteiger partial charge on any atom is -0.313 e. The van der Waals surface area contributed by atoms with Gasteiger partial charge in [-0.15, -0.1) is 0 Å². The normalized spacial score (nSPS) is 22.6. The van der Waals surface area contributed by atoms with Crippen LogP contribution in [0.15, 0.2) is 22.7 Å². The monoisotopic (exact) mass is 336 g/mol. The highest BCUT2D eigenvalue weighted by Crippen LogP contribution is 2.31. The Bertz CT molecular complexity index is 450. The fourth-order valence-electron chi connectivity index (χ4n) is 3.11. The van der Waals surface area contributed by atoms with Gasteiger partial charge >= 0.3 is 0 Å². The molecule has 2 fully saturated rings. The van der Waals surface area contributed by atoms with Gasteiger partial charge in [0.15, 0.2) is 0 Å². The van der Waals surface area contributed by atoms with Gasteiger partial charge in [-0.2, -0.15) is 0 Å². The number of rotatable bonds is 6. The van der Waals surface area contributed by atoms with Crippen LogP contribution in [-0.4, -0.2) is 30.6 Å². The molecule has 0 amide bonds. The van der Waals surface area contributed by atoms with E-state index in [0.29, 0.717) is 6.04 Å². The summed E-state index contributed by atoms with van der Waals surface area (Å²) >= 11 is 3.73. The van der Waals surface area contributed by atoms with Gasteiger partial charge in [0.25, 0.3) is 0 Å². The van der Waals surface area contributed by atoms with Crippen LogP contribution in [0.2, 0.25) is 0 Å². The van der Waals surface area contributed by atoms with Gasteiger partial charge in [-0.25, -0.2) is 0 Å². The summed E-state index contributed by atoms with van der Waals surface area (Å²) in [5.41, 5.74) is 2.75. The van der Waals surface area contributed by atoms with Gasteiger partial charge in [0.2, 0.25) is 0 Å². The van der Waals surface area contributed by atoms with Crippen LogP contribution in [0, 0.1) is 12.8 Å². The number of hydrogen-bond acceptors (Lipinski definition) is 2. The Hall–Kier alpha value is -0.380. The lowest BCUT2D eigenvalue weighted by Crippen LogP contribution is -2.38. The molecule has 0 aromatic heterocycles. The highest BCUT2D eigenvalue weighted by Gasteiger charge is 2.26. The van der Waals surface area contributed by atoms with Crippen molar-refractivity contribution in [1.29, 1.82) is 0 Å². The Morgan fingerprint density at radius 2 is 2.10 bits per heavy atom. The zero-order valence-corrected chi connectivity index (χ0v) is 14.0. The van der Waals surface area contributed by atoms with Crippen molar-refractivity contribution in [2.75, 3.05) is 19.6 Å². The second-order valence-corrected chi connectivity index (χ2v) is 7.38. The van der Waals surface area contributed by atoms with Gasteiger partial charge in [0.1, 0.15) is 0 Å². The maximum absolute atomic E-state index is 3.73. The van der Waals surface area contributed by atoms with Crippen LogP contribution >= 0.6 is 15.9 Å². The first-order chi connectivity index (χ1) is 9.70. The van der Waals surface area contributed by atoms with Crippen molar-refractivity contribution in [3.8, 4) is 0 Å². The van der Waals surface area contributed by atoms with Crippen molar-refractivity contribution in [2.24, 2.45) is 5.92 Å². The molecule has 1 aromatic carbocycles. The summed E-state index contributed by atoms with van der Waals surface area (Å²) in [7, 11) is 0. The van der Waals surface area contributed by atoms with E-state index in [-0.39, 0.29) is 0 Å².